The number of nitrogens with zero attached hydrogens (tertiary/aromatic N) is 2. The van der Waals surface area contributed by atoms with Crippen LogP contribution in [0.2, 0.25) is 0 Å². The van der Waals surface area contributed by atoms with Crippen molar-refractivity contribution in [1.82, 2.24) is 15.1 Å². The second-order valence-electron chi connectivity index (χ2n) is 8.84. The first-order valence-corrected chi connectivity index (χ1v) is 10.4. The Balaban J connectivity index is 1.41. The minimum atomic E-state index is 0.0541. The SMILES string of the molecule is CC(C)N1CCC(=O)C(c2ccc(CN3CC4CCC(C3)NC4)cc2)C1. The molecule has 4 aliphatic rings. The van der Waals surface area contributed by atoms with E-state index in [0.717, 1.165) is 25.6 Å². The Morgan fingerprint density at radius 1 is 1.12 bits per heavy atom. The van der Waals surface area contributed by atoms with Crippen molar-refractivity contribution in [2.24, 2.45) is 5.92 Å². The van der Waals surface area contributed by atoms with Crippen LogP contribution in [0.25, 0.3) is 0 Å². The molecule has 0 saturated carbocycles. The van der Waals surface area contributed by atoms with E-state index in [4.69, 9.17) is 0 Å². The Kier molecular flexibility index (Phi) is 5.44. The van der Waals surface area contributed by atoms with Crippen LogP contribution in [0, 0.1) is 5.92 Å². The van der Waals surface area contributed by atoms with Crippen LogP contribution in [0.4, 0.5) is 0 Å². The Labute approximate surface area is 157 Å². The molecule has 4 fully saturated rings. The van der Waals surface area contributed by atoms with Crippen molar-refractivity contribution in [1.29, 1.82) is 0 Å². The highest BCUT2D eigenvalue weighted by Gasteiger charge is 2.30. The van der Waals surface area contributed by atoms with Gasteiger partial charge in [-0.25, -0.2) is 0 Å². The van der Waals surface area contributed by atoms with Gasteiger partial charge in [0.15, 0.2) is 0 Å². The molecule has 0 amide bonds. The van der Waals surface area contributed by atoms with E-state index in [1.165, 1.54) is 43.6 Å². The average Bonchev–Trinajstić information content (AvgIpc) is 2.95. The van der Waals surface area contributed by atoms with E-state index in [-0.39, 0.29) is 5.92 Å². The van der Waals surface area contributed by atoms with Gasteiger partial charge in [0.25, 0.3) is 0 Å². The normalized spacial score (nSPS) is 30.7. The molecule has 2 bridgehead atoms. The van der Waals surface area contributed by atoms with Crippen LogP contribution in [0.5, 0.6) is 0 Å². The lowest BCUT2D eigenvalue weighted by Crippen LogP contribution is -2.43. The molecular weight excluding hydrogens is 322 g/mol. The number of rotatable bonds is 4. The number of nitrogens with one attached hydrogen (secondary N) is 1. The Bertz CT molecular complexity index is 605. The van der Waals surface area contributed by atoms with Gasteiger partial charge in [-0.2, -0.15) is 0 Å². The maximum Gasteiger partial charge on any atom is 0.142 e. The van der Waals surface area contributed by atoms with Crippen LogP contribution >= 0.6 is 0 Å². The first-order chi connectivity index (χ1) is 12.6. The molecule has 1 aromatic rings. The molecular formula is C22H33N3O. The number of ketones is 1. The van der Waals surface area contributed by atoms with E-state index >= 15 is 0 Å². The van der Waals surface area contributed by atoms with Crippen molar-refractivity contribution in [3.63, 3.8) is 0 Å². The lowest BCUT2D eigenvalue weighted by atomic mass is 9.88. The third-order valence-corrected chi connectivity index (χ3v) is 6.58. The van der Waals surface area contributed by atoms with Gasteiger partial charge in [0, 0.05) is 51.2 Å². The lowest BCUT2D eigenvalue weighted by molar-refractivity contribution is -0.123. The van der Waals surface area contributed by atoms with Gasteiger partial charge in [-0.1, -0.05) is 24.3 Å². The highest BCUT2D eigenvalue weighted by atomic mass is 16.1. The van der Waals surface area contributed by atoms with E-state index in [1.54, 1.807) is 0 Å². The smallest absolute Gasteiger partial charge is 0.142 e. The van der Waals surface area contributed by atoms with Crippen LogP contribution in [-0.4, -0.2) is 60.4 Å². The molecule has 4 nitrogen and oxygen atoms in total. The third kappa shape index (κ3) is 4.03. The quantitative estimate of drug-likeness (QED) is 0.901. The van der Waals surface area contributed by atoms with E-state index < -0.39 is 0 Å². The lowest BCUT2D eigenvalue weighted by Gasteiger charge is -2.34. The van der Waals surface area contributed by atoms with E-state index in [2.05, 4.69) is 53.2 Å². The van der Waals surface area contributed by atoms with Crippen molar-refractivity contribution in [2.45, 2.75) is 57.7 Å². The van der Waals surface area contributed by atoms with Crippen LogP contribution < -0.4 is 5.32 Å². The second-order valence-corrected chi connectivity index (χ2v) is 8.84. The minimum Gasteiger partial charge on any atom is -0.312 e. The molecule has 0 radical (unpaired) electrons. The first kappa shape index (κ1) is 18.1. The van der Waals surface area contributed by atoms with Gasteiger partial charge in [-0.3, -0.25) is 14.6 Å². The number of fused-ring (bicyclic) bond motifs is 4. The fraction of sp³-hybridized carbons (Fsp3) is 0.682. The van der Waals surface area contributed by atoms with Crippen molar-refractivity contribution in [3.05, 3.63) is 35.4 Å². The third-order valence-electron chi connectivity index (χ3n) is 6.58. The van der Waals surface area contributed by atoms with Gasteiger partial charge in [0.05, 0.1) is 5.92 Å². The van der Waals surface area contributed by atoms with Crippen LogP contribution in [0.3, 0.4) is 0 Å². The van der Waals surface area contributed by atoms with Crippen LogP contribution in [0.15, 0.2) is 24.3 Å². The highest BCUT2D eigenvalue weighted by molar-refractivity contribution is 5.86. The number of piperidine rings is 2. The molecule has 1 N–H and O–H groups in total. The molecule has 5 rings (SSSR count). The van der Waals surface area contributed by atoms with Crippen molar-refractivity contribution in [2.75, 3.05) is 32.7 Å². The summed E-state index contributed by atoms with van der Waals surface area (Å²) in [4.78, 5) is 17.5. The van der Waals surface area contributed by atoms with Gasteiger partial charge in [-0.15, -0.1) is 0 Å². The topological polar surface area (TPSA) is 35.6 Å². The Morgan fingerprint density at radius 3 is 2.62 bits per heavy atom. The summed E-state index contributed by atoms with van der Waals surface area (Å²) < 4.78 is 0. The number of benzene rings is 1. The highest BCUT2D eigenvalue weighted by Crippen LogP contribution is 2.27. The Hall–Kier alpha value is -1.23. The maximum atomic E-state index is 12.4. The molecule has 0 aromatic heterocycles. The van der Waals surface area contributed by atoms with E-state index in [1.807, 2.05) is 0 Å². The largest absolute Gasteiger partial charge is 0.312 e. The average molecular weight is 356 g/mol. The van der Waals surface area contributed by atoms with Gasteiger partial charge in [0.2, 0.25) is 0 Å². The summed E-state index contributed by atoms with van der Waals surface area (Å²) in [6.07, 6.45) is 3.40. The fourth-order valence-corrected chi connectivity index (χ4v) is 4.90. The summed E-state index contributed by atoms with van der Waals surface area (Å²) in [7, 11) is 0. The Morgan fingerprint density at radius 2 is 1.92 bits per heavy atom. The number of hydrogen-bond donors (Lipinski definition) is 1. The molecule has 4 saturated heterocycles. The van der Waals surface area contributed by atoms with E-state index in [9.17, 15) is 4.79 Å². The summed E-state index contributed by atoms with van der Waals surface area (Å²) in [6.45, 7) is 10.8. The second kappa shape index (κ2) is 7.79. The summed E-state index contributed by atoms with van der Waals surface area (Å²) in [5, 5.41) is 3.68. The molecule has 142 valence electrons. The zero-order chi connectivity index (χ0) is 18.1. The summed E-state index contributed by atoms with van der Waals surface area (Å²) in [6, 6.07) is 10.1. The molecule has 0 aliphatic carbocycles. The van der Waals surface area contributed by atoms with Gasteiger partial charge in [-0.05, 0) is 50.3 Å². The van der Waals surface area contributed by atoms with Gasteiger partial charge < -0.3 is 5.32 Å². The number of Topliss-reactive ketones (excluding diaryl/α,β-unsaturated/α-hetero) is 1. The standard InChI is InChI=1S/C22H33N3O/c1-16(2)25-10-9-22(26)21(15-25)19-6-3-17(4-7-19)12-24-13-18-5-8-20(14-24)23-11-18/h3-4,6-7,16,18,20-21,23H,5,8-15H2,1-2H3. The van der Waals surface area contributed by atoms with Crippen molar-refractivity contribution in [3.8, 4) is 0 Å². The molecule has 1 aromatic carbocycles. The summed E-state index contributed by atoms with van der Waals surface area (Å²) >= 11 is 0. The molecule has 4 heteroatoms. The zero-order valence-electron chi connectivity index (χ0n) is 16.3. The maximum absolute atomic E-state index is 12.4. The zero-order valence-corrected chi connectivity index (χ0v) is 16.3. The van der Waals surface area contributed by atoms with Gasteiger partial charge >= 0.3 is 0 Å². The first-order valence-electron chi connectivity index (χ1n) is 10.4. The molecule has 3 unspecified atom stereocenters. The molecule has 0 spiro atoms. The number of hydrogen-bond acceptors (Lipinski definition) is 4. The van der Waals surface area contributed by atoms with E-state index in [0.29, 0.717) is 24.3 Å². The summed E-state index contributed by atoms with van der Waals surface area (Å²) in [5.41, 5.74) is 2.57. The van der Waals surface area contributed by atoms with Crippen molar-refractivity contribution < 1.29 is 4.79 Å². The number of carbonyl (C=O) groups is 1. The molecule has 4 aliphatic heterocycles. The molecule has 4 heterocycles. The number of carbonyl (C=O) groups excluding carboxylic acids is 1. The predicted octanol–water partition coefficient (Wildman–Crippen LogP) is 2.64. The minimum absolute atomic E-state index is 0.0541. The summed E-state index contributed by atoms with van der Waals surface area (Å²) in [5.74, 6) is 1.28. The number of likely N-dealkylation sites (tertiary alicyclic amines) is 1. The molecule has 26 heavy (non-hydrogen) atoms. The van der Waals surface area contributed by atoms with Crippen molar-refractivity contribution >= 4 is 5.78 Å². The molecule has 3 atom stereocenters. The monoisotopic (exact) mass is 355 g/mol. The van der Waals surface area contributed by atoms with Gasteiger partial charge in [0.1, 0.15) is 5.78 Å². The van der Waals surface area contributed by atoms with Crippen LogP contribution in [0.1, 0.15) is 50.2 Å². The predicted molar refractivity (Wildman–Crippen MR) is 105 cm³/mol. The fourth-order valence-electron chi connectivity index (χ4n) is 4.90. The van der Waals surface area contributed by atoms with Crippen LogP contribution in [-0.2, 0) is 11.3 Å².